The van der Waals surface area contributed by atoms with Crippen LogP contribution in [0.1, 0.15) is 97.9 Å². The van der Waals surface area contributed by atoms with Gasteiger partial charge in [0.15, 0.2) is 11.3 Å². The molecule has 1 aliphatic carbocycles. The van der Waals surface area contributed by atoms with Crippen molar-refractivity contribution in [2.24, 2.45) is 13.0 Å². The Hall–Kier alpha value is -5.97. The number of amides is 3. The summed E-state index contributed by atoms with van der Waals surface area (Å²) in [4.78, 5) is 60.5. The molecule has 10 rings (SSSR count). The maximum Gasteiger partial charge on any atom is 0.329 e. The SMILES string of the molecule is Cn1c(=O)n(C2CCC(=O)NC2=O)c2cccc(C#CCOC3CCN(C[C@H]4CC[C@@H](n5cc(NC(=O)c6cnn7ccc(N8C[C@H]9C[C@@H]8CO9)nc67)c(C(F)F)n5)CC4)CC3)c21. The van der Waals surface area contributed by atoms with Crippen LogP contribution in [-0.4, -0.2) is 114 Å². The zero-order chi connectivity index (χ0) is 43.4. The van der Waals surface area contributed by atoms with E-state index in [0.29, 0.717) is 34.8 Å². The highest BCUT2D eigenvalue weighted by molar-refractivity contribution is 6.08. The van der Waals surface area contributed by atoms with Crippen LogP contribution in [0, 0.1) is 17.8 Å². The largest absolute Gasteiger partial charge is 0.374 e. The van der Waals surface area contributed by atoms with Crippen LogP contribution in [0.25, 0.3) is 16.7 Å². The molecule has 17 nitrogen and oxygen atoms in total. The number of hydrogen-bond acceptors (Lipinski definition) is 11. The number of alkyl halides is 2. The van der Waals surface area contributed by atoms with Crippen molar-refractivity contribution < 1.29 is 32.6 Å². The fraction of sp³-hybridized carbons (Fsp3) is 0.523. The summed E-state index contributed by atoms with van der Waals surface area (Å²) in [6.45, 7) is 4.40. The Kier molecular flexibility index (Phi) is 11.1. The first-order valence-electron chi connectivity index (χ1n) is 21.9. The number of carbonyl (C=O) groups is 3. The lowest BCUT2D eigenvalue weighted by Gasteiger charge is -2.36. The zero-order valence-corrected chi connectivity index (χ0v) is 34.9. The number of morpholine rings is 1. The van der Waals surface area contributed by atoms with Gasteiger partial charge in [-0.25, -0.2) is 23.1 Å². The average Bonchev–Trinajstić information content (AvgIpc) is 4.13. The van der Waals surface area contributed by atoms with E-state index >= 15 is 0 Å². The number of fused-ring (bicyclic) bond motifs is 4. The molecule has 3 amide bonds. The van der Waals surface area contributed by atoms with Crippen LogP contribution in [0.5, 0.6) is 0 Å². The van der Waals surface area contributed by atoms with E-state index < -0.39 is 30.0 Å². The molecule has 1 unspecified atom stereocenters. The van der Waals surface area contributed by atoms with Gasteiger partial charge in [0.25, 0.3) is 12.3 Å². The molecule has 8 heterocycles. The number of hydrogen-bond donors (Lipinski definition) is 2. The van der Waals surface area contributed by atoms with Gasteiger partial charge in [-0.3, -0.25) is 33.5 Å². The highest BCUT2D eigenvalue weighted by Crippen LogP contribution is 2.36. The topological polar surface area (TPSA) is 175 Å². The van der Waals surface area contributed by atoms with E-state index in [1.807, 2.05) is 18.2 Å². The lowest BCUT2D eigenvalue weighted by Crippen LogP contribution is -2.44. The van der Waals surface area contributed by atoms with Crippen LogP contribution in [-0.2, 0) is 26.1 Å². The number of nitrogens with one attached hydrogen (secondary N) is 2. The van der Waals surface area contributed by atoms with Gasteiger partial charge in [-0.1, -0.05) is 17.9 Å². The van der Waals surface area contributed by atoms with E-state index in [9.17, 15) is 28.0 Å². The second kappa shape index (κ2) is 17.0. The molecule has 0 radical (unpaired) electrons. The van der Waals surface area contributed by atoms with Crippen molar-refractivity contribution in [3.8, 4) is 11.8 Å². The van der Waals surface area contributed by atoms with E-state index in [4.69, 9.17) is 14.5 Å². The smallest absolute Gasteiger partial charge is 0.329 e. The number of aromatic nitrogens is 7. The van der Waals surface area contributed by atoms with Crippen molar-refractivity contribution in [3.05, 3.63) is 70.2 Å². The van der Waals surface area contributed by atoms with Crippen LogP contribution in [0.4, 0.5) is 20.3 Å². The van der Waals surface area contributed by atoms with Gasteiger partial charge in [0, 0.05) is 52.0 Å². The van der Waals surface area contributed by atoms with E-state index in [2.05, 4.69) is 42.5 Å². The third-order valence-electron chi connectivity index (χ3n) is 13.5. The summed E-state index contributed by atoms with van der Waals surface area (Å²) in [5.74, 6) is 6.11. The standard InChI is InChI=1S/C44H49F2N11O6/c1-52-39-27(4-2-6-34(39)57(44(52)61)35-11-12-37(58)50-43(35)60)5-3-19-62-30-13-16-53(17-14-30)22-26-7-9-28(10-8-26)56-24-33(38(51-56)40(45)46)48-42(59)32-21-47-55-18-15-36(49-41(32)55)54-23-31-20-29(54)25-63-31/h2,4,6,15,18,21,24,26,28-31,35,40H,7-14,16-17,19-20,22-23,25H2,1H3,(H,48,59)(H,50,58,60)/t26-,28+,29-,31-,35?/m1/s1. The number of benzene rings is 1. The van der Waals surface area contributed by atoms with Gasteiger partial charge in [0.1, 0.15) is 24.0 Å². The number of rotatable bonds is 10. The highest BCUT2D eigenvalue weighted by Gasteiger charge is 2.40. The van der Waals surface area contributed by atoms with Gasteiger partial charge in [-0.05, 0) is 75.5 Å². The third-order valence-corrected chi connectivity index (χ3v) is 13.5. The molecule has 4 saturated heterocycles. The number of anilines is 2. The Morgan fingerprint density at radius 3 is 2.63 bits per heavy atom. The molecule has 5 fully saturated rings. The number of aryl methyl sites for hydroxylation is 1. The minimum Gasteiger partial charge on any atom is -0.374 e. The Balaban J connectivity index is 0.700. The summed E-state index contributed by atoms with van der Waals surface area (Å²) in [6.07, 6.45) is 8.73. The quantitative estimate of drug-likeness (QED) is 0.154. The maximum atomic E-state index is 14.3. The molecular weight excluding hydrogens is 817 g/mol. The summed E-state index contributed by atoms with van der Waals surface area (Å²) in [5, 5.41) is 13.6. The Bertz CT molecular complexity index is 2700. The van der Waals surface area contributed by atoms with Crippen molar-refractivity contribution in [2.75, 3.05) is 49.6 Å². The molecule has 2 N–H and O–H groups in total. The number of nitrogens with zero attached hydrogens (tertiary/aromatic N) is 9. The van der Waals surface area contributed by atoms with Gasteiger partial charge in [0.2, 0.25) is 11.8 Å². The molecule has 4 aromatic heterocycles. The van der Waals surface area contributed by atoms with Gasteiger partial charge in [0.05, 0.1) is 59.4 Å². The number of piperidine rings is 2. The maximum absolute atomic E-state index is 14.3. The fourth-order valence-corrected chi connectivity index (χ4v) is 10.2. The van der Waals surface area contributed by atoms with Crippen molar-refractivity contribution in [3.63, 3.8) is 0 Å². The predicted octanol–water partition coefficient (Wildman–Crippen LogP) is 3.99. The van der Waals surface area contributed by atoms with Gasteiger partial charge in [-0.15, -0.1) is 0 Å². The Morgan fingerprint density at radius 1 is 1.06 bits per heavy atom. The number of imide groups is 1. The van der Waals surface area contributed by atoms with E-state index in [-0.39, 0.29) is 66.6 Å². The molecular formula is C44H49F2N11O6. The van der Waals surface area contributed by atoms with Crippen LogP contribution in [0.2, 0.25) is 0 Å². The van der Waals surface area contributed by atoms with Crippen molar-refractivity contribution >= 4 is 45.9 Å². The summed E-state index contributed by atoms with van der Waals surface area (Å²) in [7, 11) is 1.66. The summed E-state index contributed by atoms with van der Waals surface area (Å²) >= 11 is 0. The molecule has 1 aromatic carbocycles. The Labute approximate surface area is 360 Å². The summed E-state index contributed by atoms with van der Waals surface area (Å²) < 4.78 is 46.5. The molecule has 5 aromatic rings. The van der Waals surface area contributed by atoms with E-state index in [1.165, 1.54) is 26.0 Å². The first-order valence-corrected chi connectivity index (χ1v) is 21.9. The van der Waals surface area contributed by atoms with Crippen LogP contribution in [0.3, 0.4) is 0 Å². The molecule has 3 atom stereocenters. The number of para-hydroxylation sites is 1. The van der Waals surface area contributed by atoms with Crippen LogP contribution in [0.15, 0.2) is 47.7 Å². The van der Waals surface area contributed by atoms with Gasteiger partial charge >= 0.3 is 5.69 Å². The molecule has 63 heavy (non-hydrogen) atoms. The first kappa shape index (κ1) is 41.1. The van der Waals surface area contributed by atoms with Crippen molar-refractivity contribution in [1.82, 2.24) is 43.7 Å². The molecule has 0 spiro atoms. The molecule has 4 aliphatic heterocycles. The number of likely N-dealkylation sites (tertiary alicyclic amines) is 1. The van der Waals surface area contributed by atoms with E-state index in [1.54, 1.807) is 24.0 Å². The van der Waals surface area contributed by atoms with E-state index in [0.717, 1.165) is 76.9 Å². The molecule has 1 saturated carbocycles. The molecule has 19 heteroatoms. The monoisotopic (exact) mass is 865 g/mol. The highest BCUT2D eigenvalue weighted by atomic mass is 19.3. The third kappa shape index (κ3) is 8.00. The number of halogens is 2. The van der Waals surface area contributed by atoms with Gasteiger partial charge in [-0.2, -0.15) is 10.2 Å². The molecule has 330 valence electrons. The van der Waals surface area contributed by atoms with Crippen molar-refractivity contribution in [1.29, 1.82) is 0 Å². The Morgan fingerprint density at radius 2 is 1.89 bits per heavy atom. The summed E-state index contributed by atoms with van der Waals surface area (Å²) in [5.41, 5.74) is 1.62. The lowest BCUT2D eigenvalue weighted by molar-refractivity contribution is -0.135. The number of ether oxygens (including phenoxy) is 2. The van der Waals surface area contributed by atoms with Gasteiger partial charge < -0.3 is 24.6 Å². The second-order valence-corrected chi connectivity index (χ2v) is 17.4. The lowest BCUT2D eigenvalue weighted by atomic mass is 9.85. The van der Waals surface area contributed by atoms with Crippen molar-refractivity contribution in [2.45, 2.75) is 94.5 Å². The fourth-order valence-electron chi connectivity index (χ4n) is 10.2. The number of carbonyl (C=O) groups excluding carboxylic acids is 3. The first-order chi connectivity index (χ1) is 30.6. The second-order valence-electron chi connectivity index (χ2n) is 17.4. The average molecular weight is 866 g/mol. The number of imidazole rings is 1. The normalized spacial score (nSPS) is 24.4. The zero-order valence-electron chi connectivity index (χ0n) is 34.9. The van der Waals surface area contributed by atoms with Crippen LogP contribution >= 0.6 is 0 Å². The minimum absolute atomic E-state index is 0.0104. The predicted molar refractivity (Wildman–Crippen MR) is 226 cm³/mol. The molecule has 2 bridgehead atoms. The summed E-state index contributed by atoms with van der Waals surface area (Å²) in [6, 6.07) is 6.73. The minimum atomic E-state index is -2.86. The molecule has 5 aliphatic rings. The van der Waals surface area contributed by atoms with Crippen LogP contribution < -0.4 is 21.2 Å².